The van der Waals surface area contributed by atoms with Gasteiger partial charge in [-0.15, -0.1) is 0 Å². The van der Waals surface area contributed by atoms with Gasteiger partial charge in [-0.25, -0.2) is 0 Å². The molecule has 3 aromatic rings. The van der Waals surface area contributed by atoms with Gasteiger partial charge < -0.3 is 24.5 Å². The summed E-state index contributed by atoms with van der Waals surface area (Å²) in [7, 11) is 0. The van der Waals surface area contributed by atoms with Crippen LogP contribution in [0, 0.1) is 0 Å². The Bertz CT molecular complexity index is 1280. The number of ether oxygens (including phenoxy) is 1. The SMILES string of the molecule is CC(C)=CCc1c2c(c3occ(-c4ccc(O)c(O)c4)c(=O)c3c1O)CCC(C)(C)O2. The molecule has 31 heavy (non-hydrogen) atoms. The van der Waals surface area contributed by atoms with Crippen molar-refractivity contribution in [2.24, 2.45) is 0 Å². The summed E-state index contributed by atoms with van der Waals surface area (Å²) in [5, 5.41) is 30.7. The van der Waals surface area contributed by atoms with Crippen LogP contribution in [0.3, 0.4) is 0 Å². The topological polar surface area (TPSA) is 100 Å². The van der Waals surface area contributed by atoms with E-state index in [-0.39, 0.29) is 28.2 Å². The first-order valence-corrected chi connectivity index (χ1v) is 10.3. The zero-order chi connectivity index (χ0) is 22.5. The minimum absolute atomic E-state index is 0.101. The van der Waals surface area contributed by atoms with Gasteiger partial charge in [0, 0.05) is 11.1 Å². The number of benzene rings is 2. The molecule has 0 fully saturated rings. The first-order valence-electron chi connectivity index (χ1n) is 10.3. The molecule has 1 aliphatic rings. The number of phenols is 3. The average molecular weight is 422 g/mol. The Morgan fingerprint density at radius 1 is 1.16 bits per heavy atom. The average Bonchev–Trinajstić information content (AvgIpc) is 2.69. The van der Waals surface area contributed by atoms with E-state index in [0.717, 1.165) is 17.6 Å². The third-order valence-corrected chi connectivity index (χ3v) is 5.69. The van der Waals surface area contributed by atoms with Crippen LogP contribution in [0.2, 0.25) is 0 Å². The Morgan fingerprint density at radius 2 is 1.90 bits per heavy atom. The lowest BCUT2D eigenvalue weighted by atomic mass is 9.89. The lowest BCUT2D eigenvalue weighted by molar-refractivity contribution is 0.0833. The second-order valence-electron chi connectivity index (χ2n) is 8.87. The second kappa shape index (κ2) is 7.38. The molecule has 1 aromatic heterocycles. The molecule has 6 heteroatoms. The molecule has 0 radical (unpaired) electrons. The van der Waals surface area contributed by atoms with Crippen LogP contribution in [0.1, 0.15) is 45.2 Å². The summed E-state index contributed by atoms with van der Waals surface area (Å²) in [6.45, 7) is 7.94. The number of phenolic OH excluding ortho intramolecular Hbond substituents is 3. The van der Waals surface area contributed by atoms with E-state index in [1.165, 1.54) is 24.5 Å². The first-order chi connectivity index (χ1) is 14.6. The van der Waals surface area contributed by atoms with Crippen molar-refractivity contribution in [3.8, 4) is 34.1 Å². The largest absolute Gasteiger partial charge is 0.507 e. The molecular weight excluding hydrogens is 396 g/mol. The highest BCUT2D eigenvalue weighted by molar-refractivity contribution is 5.93. The predicted molar refractivity (Wildman–Crippen MR) is 119 cm³/mol. The number of aromatic hydroxyl groups is 3. The van der Waals surface area contributed by atoms with Gasteiger partial charge in [-0.1, -0.05) is 17.7 Å². The summed E-state index contributed by atoms with van der Waals surface area (Å²) in [6.07, 6.45) is 5.13. The fourth-order valence-electron chi connectivity index (χ4n) is 3.94. The van der Waals surface area contributed by atoms with Crippen LogP contribution < -0.4 is 10.2 Å². The minimum Gasteiger partial charge on any atom is -0.507 e. The molecule has 0 aliphatic carbocycles. The van der Waals surface area contributed by atoms with Crippen molar-refractivity contribution in [2.45, 2.75) is 52.6 Å². The van der Waals surface area contributed by atoms with Crippen LogP contribution in [-0.4, -0.2) is 20.9 Å². The summed E-state index contributed by atoms with van der Waals surface area (Å²) in [6, 6.07) is 4.11. The lowest BCUT2D eigenvalue weighted by Gasteiger charge is -2.34. The Morgan fingerprint density at radius 3 is 2.58 bits per heavy atom. The van der Waals surface area contributed by atoms with Crippen LogP contribution >= 0.6 is 0 Å². The zero-order valence-electron chi connectivity index (χ0n) is 18.1. The predicted octanol–water partition coefficient (Wildman–Crippen LogP) is 5.19. The summed E-state index contributed by atoms with van der Waals surface area (Å²) >= 11 is 0. The Labute approximate surface area is 180 Å². The van der Waals surface area contributed by atoms with Gasteiger partial charge in [0.2, 0.25) is 5.43 Å². The molecule has 0 spiro atoms. The van der Waals surface area contributed by atoms with Crippen molar-refractivity contribution in [3.05, 3.63) is 57.5 Å². The standard InChI is InChI=1S/C25H26O6/c1-13(2)5-7-15-21(28)20-22(29)17(14-6-8-18(26)19(27)11-14)12-30-24(20)16-9-10-25(3,4)31-23(15)16/h5-6,8,11-12,26-28H,7,9-10H2,1-4H3. The maximum atomic E-state index is 13.4. The van der Waals surface area contributed by atoms with Crippen molar-refractivity contribution in [1.82, 2.24) is 0 Å². The molecule has 6 nitrogen and oxygen atoms in total. The lowest BCUT2D eigenvalue weighted by Crippen LogP contribution is -2.33. The summed E-state index contributed by atoms with van der Waals surface area (Å²) in [5.41, 5.74) is 2.52. The molecule has 2 aromatic carbocycles. The molecule has 0 atom stereocenters. The Hall–Kier alpha value is -3.41. The van der Waals surface area contributed by atoms with E-state index in [2.05, 4.69) is 0 Å². The van der Waals surface area contributed by atoms with E-state index in [0.29, 0.717) is 35.3 Å². The molecule has 0 saturated heterocycles. The Balaban J connectivity index is 2.02. The second-order valence-corrected chi connectivity index (χ2v) is 8.87. The molecular formula is C25H26O6. The van der Waals surface area contributed by atoms with Crippen LogP contribution in [-0.2, 0) is 12.8 Å². The number of hydrogen-bond donors (Lipinski definition) is 3. The van der Waals surface area contributed by atoms with Gasteiger partial charge >= 0.3 is 0 Å². The van der Waals surface area contributed by atoms with Gasteiger partial charge in [0.1, 0.15) is 34.3 Å². The molecule has 0 saturated carbocycles. The maximum absolute atomic E-state index is 13.4. The van der Waals surface area contributed by atoms with Crippen molar-refractivity contribution in [1.29, 1.82) is 0 Å². The van der Waals surface area contributed by atoms with Crippen LogP contribution in [0.4, 0.5) is 0 Å². The quantitative estimate of drug-likeness (QED) is 0.397. The fraction of sp³-hybridized carbons (Fsp3) is 0.320. The van der Waals surface area contributed by atoms with E-state index in [4.69, 9.17) is 9.15 Å². The van der Waals surface area contributed by atoms with Gasteiger partial charge in [0.05, 0.1) is 5.56 Å². The molecule has 2 heterocycles. The molecule has 162 valence electrons. The zero-order valence-corrected chi connectivity index (χ0v) is 18.1. The number of fused-ring (bicyclic) bond motifs is 3. The molecule has 4 rings (SSSR count). The number of rotatable bonds is 3. The molecule has 0 unspecified atom stereocenters. The number of allylic oxidation sites excluding steroid dienone is 2. The first kappa shape index (κ1) is 20.8. The summed E-state index contributed by atoms with van der Waals surface area (Å²) in [5.74, 6) is -0.194. The van der Waals surface area contributed by atoms with Crippen molar-refractivity contribution < 1.29 is 24.5 Å². The maximum Gasteiger partial charge on any atom is 0.204 e. The molecule has 3 N–H and O–H groups in total. The van der Waals surface area contributed by atoms with Gasteiger partial charge in [-0.3, -0.25) is 4.79 Å². The third-order valence-electron chi connectivity index (χ3n) is 5.69. The fourth-order valence-corrected chi connectivity index (χ4v) is 3.94. The van der Waals surface area contributed by atoms with Gasteiger partial charge in [-0.2, -0.15) is 0 Å². The van der Waals surface area contributed by atoms with E-state index in [1.54, 1.807) is 0 Å². The number of hydrogen-bond acceptors (Lipinski definition) is 6. The monoisotopic (exact) mass is 422 g/mol. The molecule has 0 amide bonds. The smallest absolute Gasteiger partial charge is 0.204 e. The molecule has 1 aliphatic heterocycles. The molecule has 0 bridgehead atoms. The summed E-state index contributed by atoms with van der Waals surface area (Å²) < 4.78 is 12.1. The normalized spacial score (nSPS) is 14.7. The van der Waals surface area contributed by atoms with E-state index < -0.39 is 11.0 Å². The van der Waals surface area contributed by atoms with Gasteiger partial charge in [-0.05, 0) is 64.7 Å². The van der Waals surface area contributed by atoms with Crippen molar-refractivity contribution in [3.63, 3.8) is 0 Å². The highest BCUT2D eigenvalue weighted by atomic mass is 16.5. The van der Waals surface area contributed by atoms with Crippen molar-refractivity contribution in [2.75, 3.05) is 0 Å². The minimum atomic E-state index is -0.407. The van der Waals surface area contributed by atoms with Crippen LogP contribution in [0.25, 0.3) is 22.1 Å². The van der Waals surface area contributed by atoms with Gasteiger partial charge in [0.25, 0.3) is 0 Å². The van der Waals surface area contributed by atoms with Gasteiger partial charge in [0.15, 0.2) is 11.5 Å². The van der Waals surface area contributed by atoms with E-state index in [1.807, 2.05) is 33.8 Å². The summed E-state index contributed by atoms with van der Waals surface area (Å²) in [4.78, 5) is 13.4. The van der Waals surface area contributed by atoms with E-state index in [9.17, 15) is 20.1 Å². The third kappa shape index (κ3) is 3.63. The number of aryl methyl sites for hydroxylation is 1. The van der Waals surface area contributed by atoms with E-state index >= 15 is 0 Å². The Kier molecular flexibility index (Phi) is 4.96. The van der Waals surface area contributed by atoms with Crippen LogP contribution in [0.15, 0.2) is 45.3 Å². The van der Waals surface area contributed by atoms with Crippen molar-refractivity contribution >= 4 is 11.0 Å². The van der Waals surface area contributed by atoms with Crippen LogP contribution in [0.5, 0.6) is 23.0 Å². The highest BCUT2D eigenvalue weighted by Crippen LogP contribution is 2.45. The highest BCUT2D eigenvalue weighted by Gasteiger charge is 2.33.